The molecule has 0 rings (SSSR count). The summed E-state index contributed by atoms with van der Waals surface area (Å²) in [5.41, 5.74) is 0. The molecule has 0 spiro atoms. The molecule has 0 aromatic heterocycles. The van der Waals surface area contributed by atoms with Crippen LogP contribution in [0.5, 0.6) is 0 Å². The van der Waals surface area contributed by atoms with Gasteiger partial charge < -0.3 is 14.2 Å². The molecular formula is C60H102O6. The maximum Gasteiger partial charge on any atom is 0.306 e. The average molecular weight is 919 g/mol. The van der Waals surface area contributed by atoms with Crippen molar-refractivity contribution in [3.05, 3.63) is 85.1 Å². The van der Waals surface area contributed by atoms with E-state index in [4.69, 9.17) is 14.2 Å². The summed E-state index contributed by atoms with van der Waals surface area (Å²) in [6.45, 7) is 6.44. The van der Waals surface area contributed by atoms with Gasteiger partial charge in [-0.1, -0.05) is 241 Å². The molecule has 0 aromatic rings. The maximum absolute atomic E-state index is 12.8. The molecule has 0 saturated heterocycles. The van der Waals surface area contributed by atoms with Crippen molar-refractivity contribution in [1.29, 1.82) is 0 Å². The highest BCUT2D eigenvalue weighted by molar-refractivity contribution is 5.71. The minimum Gasteiger partial charge on any atom is -0.462 e. The molecule has 0 unspecified atom stereocenters. The first-order chi connectivity index (χ1) is 32.5. The van der Waals surface area contributed by atoms with Crippen molar-refractivity contribution in [1.82, 2.24) is 0 Å². The Morgan fingerprint density at radius 1 is 0.318 bits per heavy atom. The lowest BCUT2D eigenvalue weighted by molar-refractivity contribution is -0.167. The second-order valence-electron chi connectivity index (χ2n) is 18.1. The Bertz CT molecular complexity index is 1290. The van der Waals surface area contributed by atoms with Crippen LogP contribution in [0.25, 0.3) is 0 Å². The molecule has 378 valence electrons. The van der Waals surface area contributed by atoms with Gasteiger partial charge in [-0.2, -0.15) is 0 Å². The molecule has 1 atom stereocenters. The topological polar surface area (TPSA) is 78.9 Å². The van der Waals surface area contributed by atoms with Gasteiger partial charge >= 0.3 is 17.9 Å². The Labute approximate surface area is 407 Å². The van der Waals surface area contributed by atoms with E-state index in [0.29, 0.717) is 19.3 Å². The summed E-state index contributed by atoms with van der Waals surface area (Å²) in [6, 6.07) is 0. The van der Waals surface area contributed by atoms with Crippen LogP contribution in [0, 0.1) is 0 Å². The van der Waals surface area contributed by atoms with Crippen molar-refractivity contribution in [2.24, 2.45) is 0 Å². The Kier molecular flexibility index (Phi) is 51.4. The molecule has 6 heteroatoms. The number of hydrogen-bond acceptors (Lipinski definition) is 6. The molecule has 0 amide bonds. The van der Waals surface area contributed by atoms with E-state index in [9.17, 15) is 14.4 Å². The fourth-order valence-electron chi connectivity index (χ4n) is 7.49. The van der Waals surface area contributed by atoms with Crippen molar-refractivity contribution < 1.29 is 28.6 Å². The predicted octanol–water partition coefficient (Wildman–Crippen LogP) is 18.4. The lowest BCUT2D eigenvalue weighted by Gasteiger charge is -2.18. The number of unbranched alkanes of at least 4 members (excludes halogenated alkanes) is 24. The zero-order valence-corrected chi connectivity index (χ0v) is 43.2. The smallest absolute Gasteiger partial charge is 0.306 e. The Morgan fingerprint density at radius 2 is 0.621 bits per heavy atom. The molecule has 0 aliphatic carbocycles. The fourth-order valence-corrected chi connectivity index (χ4v) is 7.49. The van der Waals surface area contributed by atoms with Gasteiger partial charge in [0.05, 0.1) is 0 Å². The van der Waals surface area contributed by atoms with E-state index in [-0.39, 0.29) is 37.5 Å². The highest BCUT2D eigenvalue weighted by atomic mass is 16.6. The second kappa shape index (κ2) is 54.2. The minimum absolute atomic E-state index is 0.100. The molecule has 0 saturated carbocycles. The second-order valence-corrected chi connectivity index (χ2v) is 18.1. The van der Waals surface area contributed by atoms with Gasteiger partial charge in [0, 0.05) is 19.3 Å². The molecule has 0 heterocycles. The van der Waals surface area contributed by atoms with Crippen molar-refractivity contribution in [3.63, 3.8) is 0 Å². The quantitative estimate of drug-likeness (QED) is 0.0262. The van der Waals surface area contributed by atoms with E-state index >= 15 is 0 Å². The molecule has 0 aromatic carbocycles. The molecular weight excluding hydrogens is 817 g/mol. The van der Waals surface area contributed by atoms with E-state index in [1.165, 1.54) is 109 Å². The summed E-state index contributed by atoms with van der Waals surface area (Å²) < 4.78 is 16.8. The number of esters is 3. The third-order valence-electron chi connectivity index (χ3n) is 11.6. The average Bonchev–Trinajstić information content (AvgIpc) is 3.31. The van der Waals surface area contributed by atoms with Crippen molar-refractivity contribution in [2.75, 3.05) is 13.2 Å². The van der Waals surface area contributed by atoms with Crippen molar-refractivity contribution in [2.45, 2.75) is 264 Å². The molecule has 0 radical (unpaired) electrons. The summed E-state index contributed by atoms with van der Waals surface area (Å²) in [5, 5.41) is 0. The lowest BCUT2D eigenvalue weighted by Crippen LogP contribution is -2.30. The van der Waals surface area contributed by atoms with E-state index in [1.807, 2.05) is 0 Å². The lowest BCUT2D eigenvalue weighted by atomic mass is 10.0. The maximum atomic E-state index is 12.8. The van der Waals surface area contributed by atoms with Gasteiger partial charge in [0.2, 0.25) is 0 Å². The highest BCUT2D eigenvalue weighted by Crippen LogP contribution is 2.15. The summed E-state index contributed by atoms with van der Waals surface area (Å²) in [5.74, 6) is -0.968. The Balaban J connectivity index is 4.47. The fraction of sp³-hybridized carbons (Fsp3) is 0.717. The first-order valence-electron chi connectivity index (χ1n) is 27.6. The molecule has 0 aliphatic heterocycles. The zero-order chi connectivity index (χ0) is 47.9. The molecule has 0 fully saturated rings. The van der Waals surface area contributed by atoms with Gasteiger partial charge in [-0.25, -0.2) is 0 Å². The van der Waals surface area contributed by atoms with Crippen LogP contribution in [-0.4, -0.2) is 37.2 Å². The summed E-state index contributed by atoms with van der Waals surface area (Å²) in [6.07, 6.45) is 70.0. The SMILES string of the molecule is CC/C=C\C/C=C\C/C=C\C/C=C\C/C=C\CCCC(=O)OC[C@@H](COC(=O)CCCCCCC/C=C\C/C=C\CCCC)OC(=O)CCCCCCCCCCCCCCCCCCC. The Hall–Kier alpha value is -3.41. The van der Waals surface area contributed by atoms with Gasteiger partial charge in [-0.15, -0.1) is 0 Å². The zero-order valence-electron chi connectivity index (χ0n) is 43.2. The summed E-state index contributed by atoms with van der Waals surface area (Å²) in [4.78, 5) is 38.1. The highest BCUT2D eigenvalue weighted by Gasteiger charge is 2.19. The first kappa shape index (κ1) is 62.6. The monoisotopic (exact) mass is 919 g/mol. The van der Waals surface area contributed by atoms with Crippen LogP contribution >= 0.6 is 0 Å². The van der Waals surface area contributed by atoms with Gasteiger partial charge in [0.15, 0.2) is 6.10 Å². The van der Waals surface area contributed by atoms with Crippen LogP contribution in [0.15, 0.2) is 85.1 Å². The van der Waals surface area contributed by atoms with E-state index in [0.717, 1.165) is 103 Å². The van der Waals surface area contributed by atoms with Crippen LogP contribution < -0.4 is 0 Å². The van der Waals surface area contributed by atoms with Gasteiger partial charge in [-0.05, 0) is 83.5 Å². The largest absolute Gasteiger partial charge is 0.462 e. The number of allylic oxidation sites excluding steroid dienone is 14. The number of rotatable bonds is 49. The minimum atomic E-state index is -0.804. The molecule has 0 aliphatic rings. The molecule has 0 N–H and O–H groups in total. The molecule has 6 nitrogen and oxygen atoms in total. The molecule has 0 bridgehead atoms. The van der Waals surface area contributed by atoms with Crippen molar-refractivity contribution in [3.8, 4) is 0 Å². The van der Waals surface area contributed by atoms with Crippen LogP contribution in [0.4, 0.5) is 0 Å². The summed E-state index contributed by atoms with van der Waals surface area (Å²) in [7, 11) is 0. The van der Waals surface area contributed by atoms with Crippen LogP contribution in [0.1, 0.15) is 258 Å². The van der Waals surface area contributed by atoms with Crippen LogP contribution in [0.2, 0.25) is 0 Å². The van der Waals surface area contributed by atoms with Gasteiger partial charge in [0.1, 0.15) is 13.2 Å². The third kappa shape index (κ3) is 51.6. The van der Waals surface area contributed by atoms with Crippen molar-refractivity contribution >= 4 is 17.9 Å². The normalized spacial score (nSPS) is 12.7. The number of ether oxygens (including phenoxy) is 3. The standard InChI is InChI=1S/C60H102O6/c1-4-7-10-13-16-19-22-25-28-30-32-35-38-41-44-47-50-53-59(62)65-56-57(55-64-58(61)52-49-46-43-40-37-34-27-24-21-18-15-12-9-6-3)66-60(63)54-51-48-45-42-39-36-33-31-29-26-23-20-17-14-11-8-5-2/h7,10,15-16,18-19,24-25,27-28,32,35,41,44,57H,4-6,8-9,11-14,17,20-23,26,29-31,33-34,36-40,42-43,45-56H2,1-3H3/b10-7-,18-15-,19-16-,27-24-,28-25-,35-32-,44-41-/t57-/m1/s1. The number of carbonyl (C=O) groups is 3. The van der Waals surface area contributed by atoms with E-state index in [1.54, 1.807) is 0 Å². The molecule has 66 heavy (non-hydrogen) atoms. The summed E-state index contributed by atoms with van der Waals surface area (Å²) >= 11 is 0. The predicted molar refractivity (Wildman–Crippen MR) is 284 cm³/mol. The Morgan fingerprint density at radius 3 is 1.03 bits per heavy atom. The first-order valence-corrected chi connectivity index (χ1v) is 27.6. The van der Waals surface area contributed by atoms with Crippen LogP contribution in [0.3, 0.4) is 0 Å². The number of carbonyl (C=O) groups excluding carboxylic acids is 3. The van der Waals surface area contributed by atoms with E-state index < -0.39 is 6.10 Å². The third-order valence-corrected chi connectivity index (χ3v) is 11.6. The van der Waals surface area contributed by atoms with Crippen LogP contribution in [-0.2, 0) is 28.6 Å². The van der Waals surface area contributed by atoms with E-state index in [2.05, 4.69) is 106 Å². The van der Waals surface area contributed by atoms with Gasteiger partial charge in [0.25, 0.3) is 0 Å². The number of hydrogen-bond donors (Lipinski definition) is 0. The van der Waals surface area contributed by atoms with Gasteiger partial charge in [-0.3, -0.25) is 14.4 Å².